The van der Waals surface area contributed by atoms with Crippen molar-refractivity contribution in [3.05, 3.63) is 83.9 Å². The lowest BCUT2D eigenvalue weighted by molar-refractivity contribution is -0.110. The van der Waals surface area contributed by atoms with E-state index in [0.29, 0.717) is 5.76 Å². The molecule has 0 aliphatic heterocycles. The van der Waals surface area contributed by atoms with Gasteiger partial charge in [0, 0.05) is 5.57 Å². The average Bonchev–Trinajstić information content (AvgIpc) is 2.97. The summed E-state index contributed by atoms with van der Waals surface area (Å²) < 4.78 is 5.49. The molecule has 98 valence electrons. The van der Waals surface area contributed by atoms with Gasteiger partial charge in [-0.3, -0.25) is 4.79 Å². The van der Waals surface area contributed by atoms with Crippen molar-refractivity contribution in [2.24, 2.45) is 0 Å². The molecule has 1 aliphatic rings. The second-order valence-corrected chi connectivity index (χ2v) is 4.42. The molecule has 0 unspecified atom stereocenters. The standard InChI is InChI=1S/C17H12O3/c18-14-7-3-12(4-8-14)17(16-2-1-11-20-16)13-5-9-15(19)10-6-13/h1-11,18H. The fraction of sp³-hybridized carbons (Fsp3) is 0. The first kappa shape index (κ1) is 12.2. The summed E-state index contributed by atoms with van der Waals surface area (Å²) >= 11 is 0. The van der Waals surface area contributed by atoms with E-state index in [4.69, 9.17) is 4.42 Å². The number of carbonyl (C=O) groups excluding carboxylic acids is 1. The number of aromatic hydroxyl groups is 1. The van der Waals surface area contributed by atoms with E-state index < -0.39 is 0 Å². The number of rotatable bonds is 2. The van der Waals surface area contributed by atoms with Crippen LogP contribution >= 0.6 is 0 Å². The summed E-state index contributed by atoms with van der Waals surface area (Å²) in [5.41, 5.74) is 2.69. The highest BCUT2D eigenvalue weighted by atomic mass is 16.3. The van der Waals surface area contributed by atoms with Gasteiger partial charge >= 0.3 is 0 Å². The van der Waals surface area contributed by atoms with Gasteiger partial charge < -0.3 is 9.52 Å². The molecule has 0 fully saturated rings. The van der Waals surface area contributed by atoms with Crippen molar-refractivity contribution in [1.82, 2.24) is 0 Å². The molecule has 2 aromatic rings. The second-order valence-electron chi connectivity index (χ2n) is 4.42. The summed E-state index contributed by atoms with van der Waals surface area (Å²) in [4.78, 5) is 11.2. The molecule has 0 saturated heterocycles. The molecule has 20 heavy (non-hydrogen) atoms. The topological polar surface area (TPSA) is 50.4 Å². The zero-order chi connectivity index (χ0) is 13.9. The number of benzene rings is 1. The van der Waals surface area contributed by atoms with Crippen molar-refractivity contribution < 1.29 is 14.3 Å². The van der Waals surface area contributed by atoms with E-state index in [1.165, 1.54) is 12.2 Å². The third-order valence-corrected chi connectivity index (χ3v) is 3.07. The van der Waals surface area contributed by atoms with Crippen LogP contribution in [0.15, 0.2) is 77.0 Å². The molecule has 0 radical (unpaired) electrons. The van der Waals surface area contributed by atoms with Gasteiger partial charge in [-0.1, -0.05) is 24.3 Å². The maximum Gasteiger partial charge on any atom is 0.178 e. The average molecular weight is 264 g/mol. The van der Waals surface area contributed by atoms with E-state index in [1.54, 1.807) is 30.5 Å². The normalized spacial score (nSPS) is 13.8. The first-order valence-electron chi connectivity index (χ1n) is 6.22. The number of allylic oxidation sites excluding steroid dienone is 5. The van der Waals surface area contributed by atoms with Gasteiger partial charge in [-0.2, -0.15) is 0 Å². The van der Waals surface area contributed by atoms with E-state index in [9.17, 15) is 9.90 Å². The Morgan fingerprint density at radius 1 is 0.950 bits per heavy atom. The number of phenols is 1. The minimum atomic E-state index is -0.0294. The molecule has 0 bridgehead atoms. The fourth-order valence-electron chi connectivity index (χ4n) is 2.12. The quantitative estimate of drug-likeness (QED) is 0.903. The van der Waals surface area contributed by atoms with Crippen LogP contribution in [0.3, 0.4) is 0 Å². The SMILES string of the molecule is O=C1C=CC(=C(c2ccc(O)cc2)c2ccco2)C=C1. The van der Waals surface area contributed by atoms with Gasteiger partial charge in [-0.25, -0.2) is 0 Å². The minimum absolute atomic E-state index is 0.0294. The molecular weight excluding hydrogens is 252 g/mol. The molecule has 0 spiro atoms. The van der Waals surface area contributed by atoms with Gasteiger partial charge in [0.15, 0.2) is 5.78 Å². The van der Waals surface area contributed by atoms with E-state index in [0.717, 1.165) is 16.7 Å². The van der Waals surface area contributed by atoms with Crippen molar-refractivity contribution in [2.45, 2.75) is 0 Å². The van der Waals surface area contributed by atoms with Crippen molar-refractivity contribution in [1.29, 1.82) is 0 Å². The molecule has 1 N–H and O–H groups in total. The molecule has 1 aromatic carbocycles. The Bertz CT molecular complexity index is 696. The molecule has 0 atom stereocenters. The predicted octanol–water partition coefficient (Wildman–Crippen LogP) is 3.48. The molecule has 0 saturated carbocycles. The summed E-state index contributed by atoms with van der Waals surface area (Å²) in [6, 6.07) is 10.6. The lowest BCUT2D eigenvalue weighted by Crippen LogP contribution is -1.96. The van der Waals surface area contributed by atoms with Crippen LogP contribution in [-0.2, 0) is 4.79 Å². The summed E-state index contributed by atoms with van der Waals surface area (Å²) in [5, 5.41) is 9.40. The van der Waals surface area contributed by atoms with Crippen LogP contribution < -0.4 is 0 Å². The molecule has 1 aromatic heterocycles. The van der Waals surface area contributed by atoms with Crippen LogP contribution in [0.5, 0.6) is 5.75 Å². The Morgan fingerprint density at radius 2 is 1.65 bits per heavy atom. The lowest BCUT2D eigenvalue weighted by Gasteiger charge is -2.10. The van der Waals surface area contributed by atoms with Gasteiger partial charge in [-0.15, -0.1) is 0 Å². The highest BCUT2D eigenvalue weighted by molar-refractivity contribution is 6.02. The van der Waals surface area contributed by atoms with Crippen molar-refractivity contribution in [2.75, 3.05) is 0 Å². The Balaban J connectivity index is 2.17. The number of furan rings is 1. The van der Waals surface area contributed by atoms with Crippen LogP contribution in [0, 0.1) is 0 Å². The maximum absolute atomic E-state index is 11.2. The van der Waals surface area contributed by atoms with Crippen LogP contribution in [0.25, 0.3) is 5.57 Å². The predicted molar refractivity (Wildman–Crippen MR) is 76.1 cm³/mol. The first-order chi connectivity index (χ1) is 9.74. The Hall–Kier alpha value is -2.81. The number of phenolic OH excluding ortho intramolecular Hbond substituents is 1. The number of ketones is 1. The molecule has 3 rings (SSSR count). The number of hydrogen-bond acceptors (Lipinski definition) is 3. The van der Waals surface area contributed by atoms with Crippen molar-refractivity contribution in [3.63, 3.8) is 0 Å². The summed E-state index contributed by atoms with van der Waals surface area (Å²) in [6.07, 6.45) is 8.20. The molecule has 3 nitrogen and oxygen atoms in total. The highest BCUT2D eigenvalue weighted by Gasteiger charge is 2.13. The Labute approximate surface area is 116 Å². The summed E-state index contributed by atoms with van der Waals surface area (Å²) in [6.45, 7) is 0. The third-order valence-electron chi connectivity index (χ3n) is 3.07. The van der Waals surface area contributed by atoms with E-state index in [-0.39, 0.29) is 11.5 Å². The largest absolute Gasteiger partial charge is 0.508 e. The van der Waals surface area contributed by atoms with E-state index in [1.807, 2.05) is 24.3 Å². The Morgan fingerprint density at radius 3 is 2.25 bits per heavy atom. The highest BCUT2D eigenvalue weighted by Crippen LogP contribution is 2.30. The van der Waals surface area contributed by atoms with Gasteiger partial charge in [0.1, 0.15) is 11.5 Å². The molecule has 0 amide bonds. The van der Waals surface area contributed by atoms with Crippen LogP contribution in [0.1, 0.15) is 11.3 Å². The molecule has 1 heterocycles. The second kappa shape index (κ2) is 5.05. The van der Waals surface area contributed by atoms with Gasteiger partial charge in [-0.05, 0) is 47.6 Å². The lowest BCUT2D eigenvalue weighted by atomic mass is 9.95. The molecule has 3 heteroatoms. The van der Waals surface area contributed by atoms with E-state index in [2.05, 4.69) is 0 Å². The van der Waals surface area contributed by atoms with Gasteiger partial charge in [0.25, 0.3) is 0 Å². The minimum Gasteiger partial charge on any atom is -0.508 e. The summed E-state index contributed by atoms with van der Waals surface area (Å²) in [5.74, 6) is 0.898. The number of carbonyl (C=O) groups is 1. The van der Waals surface area contributed by atoms with Gasteiger partial charge in [0.2, 0.25) is 0 Å². The van der Waals surface area contributed by atoms with Crippen LogP contribution in [0.4, 0.5) is 0 Å². The summed E-state index contributed by atoms with van der Waals surface area (Å²) in [7, 11) is 0. The molecular formula is C17H12O3. The Kier molecular flexibility index (Phi) is 3.09. The number of hydrogen-bond donors (Lipinski definition) is 1. The van der Waals surface area contributed by atoms with Gasteiger partial charge in [0.05, 0.1) is 6.26 Å². The van der Waals surface area contributed by atoms with E-state index >= 15 is 0 Å². The first-order valence-corrected chi connectivity index (χ1v) is 6.22. The zero-order valence-electron chi connectivity index (χ0n) is 10.6. The third kappa shape index (κ3) is 2.34. The maximum atomic E-state index is 11.2. The molecule has 1 aliphatic carbocycles. The van der Waals surface area contributed by atoms with Crippen LogP contribution in [-0.4, -0.2) is 10.9 Å². The van der Waals surface area contributed by atoms with Crippen LogP contribution in [0.2, 0.25) is 0 Å². The van der Waals surface area contributed by atoms with Crippen molar-refractivity contribution in [3.8, 4) is 5.75 Å². The van der Waals surface area contributed by atoms with Crippen molar-refractivity contribution >= 4 is 11.4 Å². The monoisotopic (exact) mass is 264 g/mol. The fourth-order valence-corrected chi connectivity index (χ4v) is 2.12. The smallest absolute Gasteiger partial charge is 0.178 e. The zero-order valence-corrected chi connectivity index (χ0v) is 10.6.